The van der Waals surface area contributed by atoms with E-state index in [1.807, 2.05) is 6.92 Å². The van der Waals surface area contributed by atoms with E-state index in [1.165, 1.54) is 7.05 Å². The van der Waals surface area contributed by atoms with Gasteiger partial charge in [-0.05, 0) is 43.3 Å². The maximum Gasteiger partial charge on any atom is 0.339 e. The third kappa shape index (κ3) is 5.64. The van der Waals surface area contributed by atoms with Gasteiger partial charge in [0.25, 0.3) is 5.91 Å². The Kier molecular flexibility index (Phi) is 7.30. The molecule has 3 amide bonds. The average Bonchev–Trinajstić information content (AvgIpc) is 3.00. The summed E-state index contributed by atoms with van der Waals surface area (Å²) < 4.78 is 10.5. The number of carbonyl (C=O) groups excluding carboxylic acids is 4. The predicted molar refractivity (Wildman–Crippen MR) is 115 cm³/mol. The Morgan fingerprint density at radius 3 is 2.48 bits per heavy atom. The van der Waals surface area contributed by atoms with Crippen molar-refractivity contribution >= 4 is 41.1 Å². The van der Waals surface area contributed by atoms with Gasteiger partial charge in [-0.25, -0.2) is 4.79 Å². The third-order valence-corrected chi connectivity index (χ3v) is 5.76. The number of amides is 3. The van der Waals surface area contributed by atoms with Gasteiger partial charge in [0.15, 0.2) is 6.61 Å². The number of hydrogen-bond donors (Lipinski definition) is 1. The summed E-state index contributed by atoms with van der Waals surface area (Å²) >= 11 is 1.14. The number of anilines is 1. The topological polar surface area (TPSA) is 102 Å². The summed E-state index contributed by atoms with van der Waals surface area (Å²) in [5.74, 6) is -1.04. The minimum atomic E-state index is -0.685. The molecule has 0 aliphatic carbocycles. The summed E-state index contributed by atoms with van der Waals surface area (Å²) in [4.78, 5) is 50.1. The highest BCUT2D eigenvalue weighted by Gasteiger charge is 2.37. The zero-order valence-electron chi connectivity index (χ0n) is 17.1. The Morgan fingerprint density at radius 2 is 1.84 bits per heavy atom. The van der Waals surface area contributed by atoms with Crippen LogP contribution in [-0.4, -0.2) is 54.1 Å². The molecule has 2 aromatic carbocycles. The van der Waals surface area contributed by atoms with Gasteiger partial charge in [0, 0.05) is 24.1 Å². The molecule has 1 saturated heterocycles. The number of esters is 1. The van der Waals surface area contributed by atoms with Gasteiger partial charge in [0.05, 0.1) is 17.4 Å². The molecule has 0 spiro atoms. The number of benzene rings is 2. The van der Waals surface area contributed by atoms with Crippen LogP contribution in [0.4, 0.5) is 5.69 Å². The molecule has 0 bridgehead atoms. The number of nitrogens with one attached hydrogen (secondary N) is 1. The van der Waals surface area contributed by atoms with E-state index in [0.717, 1.165) is 16.7 Å². The van der Waals surface area contributed by atoms with Gasteiger partial charge in [0.1, 0.15) is 5.75 Å². The van der Waals surface area contributed by atoms with Crippen molar-refractivity contribution in [3.8, 4) is 5.75 Å². The van der Waals surface area contributed by atoms with Crippen molar-refractivity contribution in [2.75, 3.05) is 25.6 Å². The number of likely N-dealkylation sites (tertiary alicyclic amines) is 1. The fourth-order valence-electron chi connectivity index (χ4n) is 2.91. The molecule has 8 nitrogen and oxygen atoms in total. The number of carbonyl (C=O) groups is 4. The SMILES string of the molecule is CCOc1ccc(NC(=O)COC(=O)c2ccccc2SC2CC(=O)N(C)C2=O)cc1. The quantitative estimate of drug-likeness (QED) is 0.495. The summed E-state index contributed by atoms with van der Waals surface area (Å²) in [6, 6.07) is 13.5. The highest BCUT2D eigenvalue weighted by Crippen LogP contribution is 2.33. The van der Waals surface area contributed by atoms with E-state index in [0.29, 0.717) is 22.9 Å². The predicted octanol–water partition coefficient (Wildman–Crippen LogP) is 2.73. The van der Waals surface area contributed by atoms with E-state index in [9.17, 15) is 19.2 Å². The molecule has 1 fully saturated rings. The Labute approximate surface area is 183 Å². The maximum atomic E-state index is 12.5. The van der Waals surface area contributed by atoms with Gasteiger partial charge in [0.2, 0.25) is 11.8 Å². The first-order valence-electron chi connectivity index (χ1n) is 9.65. The van der Waals surface area contributed by atoms with Gasteiger partial charge in [-0.1, -0.05) is 12.1 Å². The molecule has 3 rings (SSSR count). The van der Waals surface area contributed by atoms with Crippen LogP contribution < -0.4 is 10.1 Å². The number of nitrogens with zero attached hydrogens (tertiary/aromatic N) is 1. The first-order chi connectivity index (χ1) is 14.9. The Morgan fingerprint density at radius 1 is 1.13 bits per heavy atom. The molecule has 2 aromatic rings. The van der Waals surface area contributed by atoms with Crippen molar-refractivity contribution in [2.24, 2.45) is 0 Å². The smallest absolute Gasteiger partial charge is 0.339 e. The highest BCUT2D eigenvalue weighted by atomic mass is 32.2. The van der Waals surface area contributed by atoms with E-state index < -0.39 is 23.7 Å². The van der Waals surface area contributed by atoms with Crippen LogP contribution in [0.2, 0.25) is 0 Å². The fourth-order valence-corrected chi connectivity index (χ4v) is 4.14. The van der Waals surface area contributed by atoms with Crippen LogP contribution in [0.1, 0.15) is 23.7 Å². The van der Waals surface area contributed by atoms with Crippen LogP contribution in [0.3, 0.4) is 0 Å². The third-order valence-electron chi connectivity index (χ3n) is 4.50. The molecule has 31 heavy (non-hydrogen) atoms. The van der Waals surface area contributed by atoms with Crippen LogP contribution in [-0.2, 0) is 19.1 Å². The van der Waals surface area contributed by atoms with E-state index in [-0.39, 0.29) is 23.8 Å². The first-order valence-corrected chi connectivity index (χ1v) is 10.5. The lowest BCUT2D eigenvalue weighted by atomic mass is 10.2. The van der Waals surface area contributed by atoms with Crippen LogP contribution in [0.25, 0.3) is 0 Å². The number of hydrogen-bond acceptors (Lipinski definition) is 7. The van der Waals surface area contributed by atoms with Crippen molar-refractivity contribution in [3.63, 3.8) is 0 Å². The zero-order chi connectivity index (χ0) is 22.4. The van der Waals surface area contributed by atoms with Crippen molar-refractivity contribution in [3.05, 3.63) is 54.1 Å². The molecule has 1 aliphatic heterocycles. The van der Waals surface area contributed by atoms with Crippen LogP contribution in [0.15, 0.2) is 53.4 Å². The number of ether oxygens (including phenoxy) is 2. The summed E-state index contributed by atoms with van der Waals surface area (Å²) in [5, 5.41) is 2.05. The second-order valence-electron chi connectivity index (χ2n) is 6.68. The molecule has 9 heteroatoms. The molecule has 1 aliphatic rings. The van der Waals surface area contributed by atoms with Crippen LogP contribution >= 0.6 is 11.8 Å². The molecule has 1 heterocycles. The molecular weight excluding hydrogens is 420 g/mol. The second kappa shape index (κ2) is 10.1. The average molecular weight is 442 g/mol. The first kappa shape index (κ1) is 22.4. The minimum absolute atomic E-state index is 0.0773. The lowest BCUT2D eigenvalue weighted by molar-refractivity contribution is -0.136. The van der Waals surface area contributed by atoms with E-state index in [2.05, 4.69) is 5.32 Å². The molecule has 1 atom stereocenters. The lowest BCUT2D eigenvalue weighted by Crippen LogP contribution is -2.26. The molecule has 1 unspecified atom stereocenters. The fraction of sp³-hybridized carbons (Fsp3) is 0.273. The summed E-state index contributed by atoms with van der Waals surface area (Å²) in [7, 11) is 1.44. The summed E-state index contributed by atoms with van der Waals surface area (Å²) in [5.41, 5.74) is 0.783. The van der Waals surface area contributed by atoms with Crippen molar-refractivity contribution < 1.29 is 28.7 Å². The van der Waals surface area contributed by atoms with Crippen molar-refractivity contribution in [1.82, 2.24) is 4.90 Å². The Balaban J connectivity index is 1.57. The second-order valence-corrected chi connectivity index (χ2v) is 7.92. The standard InChI is InChI=1S/C22H22N2O6S/c1-3-29-15-10-8-14(9-11-15)23-19(25)13-30-22(28)16-6-4-5-7-17(16)31-18-12-20(26)24(2)21(18)27/h4-11,18H,3,12-13H2,1-2H3,(H,23,25). The molecule has 0 aromatic heterocycles. The van der Waals surface area contributed by atoms with Crippen LogP contribution in [0, 0.1) is 0 Å². The molecule has 0 saturated carbocycles. The molecule has 0 radical (unpaired) electrons. The number of thioether (sulfide) groups is 1. The van der Waals surface area contributed by atoms with E-state index in [4.69, 9.17) is 9.47 Å². The maximum absolute atomic E-state index is 12.5. The summed E-state index contributed by atoms with van der Waals surface area (Å²) in [6.45, 7) is 1.96. The minimum Gasteiger partial charge on any atom is -0.494 e. The van der Waals surface area contributed by atoms with Gasteiger partial charge in [-0.3, -0.25) is 19.3 Å². The van der Waals surface area contributed by atoms with Gasteiger partial charge in [-0.15, -0.1) is 11.8 Å². The van der Waals surface area contributed by atoms with E-state index >= 15 is 0 Å². The highest BCUT2D eigenvalue weighted by molar-refractivity contribution is 8.00. The molecular formula is C22H22N2O6S. The normalized spacial score (nSPS) is 15.7. The lowest BCUT2D eigenvalue weighted by Gasteiger charge is -2.12. The molecule has 162 valence electrons. The molecule has 1 N–H and O–H groups in total. The van der Waals surface area contributed by atoms with Crippen LogP contribution in [0.5, 0.6) is 5.75 Å². The number of imide groups is 1. The van der Waals surface area contributed by atoms with Gasteiger partial charge < -0.3 is 14.8 Å². The summed E-state index contributed by atoms with van der Waals surface area (Å²) in [6.07, 6.45) is 0.0773. The Hall–Kier alpha value is -3.33. The monoisotopic (exact) mass is 442 g/mol. The number of rotatable bonds is 8. The van der Waals surface area contributed by atoms with Crippen molar-refractivity contribution in [1.29, 1.82) is 0 Å². The van der Waals surface area contributed by atoms with Crippen molar-refractivity contribution in [2.45, 2.75) is 23.5 Å². The van der Waals surface area contributed by atoms with E-state index in [1.54, 1.807) is 48.5 Å². The Bertz CT molecular complexity index is 992. The van der Waals surface area contributed by atoms with Gasteiger partial charge >= 0.3 is 5.97 Å². The van der Waals surface area contributed by atoms with Gasteiger partial charge in [-0.2, -0.15) is 0 Å². The largest absolute Gasteiger partial charge is 0.494 e. The zero-order valence-corrected chi connectivity index (χ0v) is 17.9.